The molecule has 1 fully saturated rings. The van der Waals surface area contributed by atoms with Crippen molar-refractivity contribution in [2.45, 2.75) is 19.4 Å². The highest BCUT2D eigenvalue weighted by atomic mass is 19.1. The summed E-state index contributed by atoms with van der Waals surface area (Å²) in [5.41, 5.74) is 2.41. The van der Waals surface area contributed by atoms with Crippen molar-refractivity contribution >= 4 is 17.5 Å². The van der Waals surface area contributed by atoms with Gasteiger partial charge in [-0.15, -0.1) is 0 Å². The number of amides is 2. The van der Waals surface area contributed by atoms with Gasteiger partial charge in [0.2, 0.25) is 12.7 Å². The maximum atomic E-state index is 13.4. The minimum atomic E-state index is -0.317. The van der Waals surface area contributed by atoms with Gasteiger partial charge in [-0.25, -0.2) is 9.40 Å². The van der Waals surface area contributed by atoms with Crippen LogP contribution in [0.5, 0.6) is 11.5 Å². The van der Waals surface area contributed by atoms with E-state index in [9.17, 15) is 14.0 Å². The van der Waals surface area contributed by atoms with E-state index in [-0.39, 0.29) is 37.0 Å². The number of carbonyl (C=O) groups excluding carboxylic acids is 2. The van der Waals surface area contributed by atoms with Crippen LogP contribution in [-0.2, 0) is 9.59 Å². The lowest BCUT2D eigenvalue weighted by atomic mass is 9.98. The Labute approximate surface area is 191 Å². The van der Waals surface area contributed by atoms with Gasteiger partial charge in [-0.3, -0.25) is 14.5 Å². The SMILES string of the molecule is CC(=O)N1CCN(CC(=O)N2N=C(c3ccc(F)cc3)C[C@H]2c2ccc3c(c2)OCO3)CC1. The summed E-state index contributed by atoms with van der Waals surface area (Å²) in [5.74, 6) is 0.943. The predicted octanol–water partition coefficient (Wildman–Crippen LogP) is 2.40. The van der Waals surface area contributed by atoms with Gasteiger partial charge in [-0.1, -0.05) is 18.2 Å². The van der Waals surface area contributed by atoms with E-state index in [2.05, 4.69) is 5.10 Å². The van der Waals surface area contributed by atoms with Gasteiger partial charge in [0.25, 0.3) is 5.91 Å². The monoisotopic (exact) mass is 452 g/mol. The van der Waals surface area contributed by atoms with E-state index in [1.807, 2.05) is 23.1 Å². The maximum Gasteiger partial charge on any atom is 0.257 e. The van der Waals surface area contributed by atoms with Gasteiger partial charge in [-0.2, -0.15) is 5.10 Å². The molecule has 3 heterocycles. The van der Waals surface area contributed by atoms with Crippen molar-refractivity contribution < 1.29 is 23.5 Å². The molecule has 172 valence electrons. The van der Waals surface area contributed by atoms with Crippen molar-refractivity contribution in [3.63, 3.8) is 0 Å². The summed E-state index contributed by atoms with van der Waals surface area (Å²) >= 11 is 0. The van der Waals surface area contributed by atoms with Crippen LogP contribution in [0.25, 0.3) is 0 Å². The van der Waals surface area contributed by atoms with Gasteiger partial charge >= 0.3 is 0 Å². The molecule has 2 aromatic rings. The standard InChI is InChI=1S/C24H25FN4O4/c1-16(30)28-10-8-27(9-11-28)14-24(31)29-21(18-4-7-22-23(12-18)33-15-32-22)13-20(26-29)17-2-5-19(25)6-3-17/h2-7,12,21H,8-11,13-15H2,1H3/t21-/m0/s1. The average molecular weight is 452 g/mol. The zero-order valence-electron chi connectivity index (χ0n) is 18.4. The number of benzene rings is 2. The Kier molecular flexibility index (Phi) is 5.72. The molecule has 0 aliphatic carbocycles. The van der Waals surface area contributed by atoms with Crippen molar-refractivity contribution in [2.24, 2.45) is 5.10 Å². The van der Waals surface area contributed by atoms with Gasteiger partial charge in [-0.05, 0) is 35.4 Å². The predicted molar refractivity (Wildman–Crippen MR) is 118 cm³/mol. The number of ether oxygens (including phenoxy) is 2. The van der Waals surface area contributed by atoms with Crippen LogP contribution < -0.4 is 9.47 Å². The molecule has 0 radical (unpaired) electrons. The molecule has 1 atom stereocenters. The zero-order valence-corrected chi connectivity index (χ0v) is 18.4. The molecule has 3 aliphatic rings. The largest absolute Gasteiger partial charge is 0.454 e. The second kappa shape index (κ2) is 8.82. The Morgan fingerprint density at radius 2 is 1.76 bits per heavy atom. The fraction of sp³-hybridized carbons (Fsp3) is 0.375. The zero-order chi connectivity index (χ0) is 22.9. The number of carbonyl (C=O) groups is 2. The van der Waals surface area contributed by atoms with Gasteiger partial charge in [0.15, 0.2) is 11.5 Å². The molecule has 0 aromatic heterocycles. The summed E-state index contributed by atoms with van der Waals surface area (Å²) in [5, 5.41) is 6.20. The van der Waals surface area contributed by atoms with Gasteiger partial charge in [0, 0.05) is 39.5 Å². The van der Waals surface area contributed by atoms with Crippen molar-refractivity contribution in [2.75, 3.05) is 39.5 Å². The number of nitrogens with zero attached hydrogens (tertiary/aromatic N) is 4. The van der Waals surface area contributed by atoms with Crippen LogP contribution in [0.1, 0.15) is 30.5 Å². The van der Waals surface area contributed by atoms with E-state index < -0.39 is 0 Å². The molecule has 0 saturated carbocycles. The summed E-state index contributed by atoms with van der Waals surface area (Å²) in [6, 6.07) is 11.5. The molecule has 1 saturated heterocycles. The molecule has 9 heteroatoms. The molecule has 5 rings (SSSR count). The van der Waals surface area contributed by atoms with E-state index >= 15 is 0 Å². The van der Waals surface area contributed by atoms with Crippen LogP contribution in [0.4, 0.5) is 4.39 Å². The Morgan fingerprint density at radius 3 is 2.48 bits per heavy atom. The molecule has 0 bridgehead atoms. The van der Waals surface area contributed by atoms with Crippen LogP contribution in [-0.4, -0.2) is 71.9 Å². The van der Waals surface area contributed by atoms with Crippen LogP contribution in [0, 0.1) is 5.82 Å². The van der Waals surface area contributed by atoms with Crippen LogP contribution in [0.15, 0.2) is 47.6 Å². The minimum absolute atomic E-state index is 0.0527. The normalized spacial score (nSPS) is 20.2. The van der Waals surface area contributed by atoms with E-state index in [1.165, 1.54) is 17.1 Å². The molecule has 3 aliphatic heterocycles. The molecule has 0 spiro atoms. The highest BCUT2D eigenvalue weighted by molar-refractivity contribution is 6.03. The fourth-order valence-corrected chi connectivity index (χ4v) is 4.42. The minimum Gasteiger partial charge on any atom is -0.454 e. The first kappa shape index (κ1) is 21.4. The molecule has 2 aromatic carbocycles. The maximum absolute atomic E-state index is 13.4. The molecular weight excluding hydrogens is 427 g/mol. The summed E-state index contributed by atoms with van der Waals surface area (Å²) in [6.45, 7) is 4.46. The number of piperazine rings is 1. The fourth-order valence-electron chi connectivity index (χ4n) is 4.42. The lowest BCUT2D eigenvalue weighted by molar-refractivity contribution is -0.135. The summed E-state index contributed by atoms with van der Waals surface area (Å²) in [6.07, 6.45) is 0.509. The molecule has 0 unspecified atom stereocenters. The highest BCUT2D eigenvalue weighted by Crippen LogP contribution is 2.39. The third-order valence-electron chi connectivity index (χ3n) is 6.30. The summed E-state index contributed by atoms with van der Waals surface area (Å²) in [4.78, 5) is 28.8. The van der Waals surface area contributed by atoms with Gasteiger partial charge < -0.3 is 14.4 Å². The second-order valence-corrected chi connectivity index (χ2v) is 8.41. The Balaban J connectivity index is 1.37. The first-order valence-electron chi connectivity index (χ1n) is 11.0. The number of hydrogen-bond donors (Lipinski definition) is 0. The number of rotatable bonds is 4. The highest BCUT2D eigenvalue weighted by Gasteiger charge is 2.35. The quantitative estimate of drug-likeness (QED) is 0.712. The Bertz CT molecular complexity index is 1100. The molecule has 8 nitrogen and oxygen atoms in total. The molecule has 0 N–H and O–H groups in total. The first-order chi connectivity index (χ1) is 16.0. The average Bonchev–Trinajstić information content (AvgIpc) is 3.47. The number of hydrogen-bond acceptors (Lipinski definition) is 6. The van der Waals surface area contributed by atoms with E-state index in [1.54, 1.807) is 24.0 Å². The van der Waals surface area contributed by atoms with Crippen molar-refractivity contribution in [1.82, 2.24) is 14.8 Å². The van der Waals surface area contributed by atoms with Crippen molar-refractivity contribution in [1.29, 1.82) is 0 Å². The van der Waals surface area contributed by atoms with E-state index in [0.717, 1.165) is 16.8 Å². The third-order valence-corrected chi connectivity index (χ3v) is 6.30. The second-order valence-electron chi connectivity index (χ2n) is 8.41. The number of halogens is 1. The third kappa shape index (κ3) is 4.41. The topological polar surface area (TPSA) is 74.7 Å². The van der Waals surface area contributed by atoms with Crippen LogP contribution >= 0.6 is 0 Å². The molecule has 33 heavy (non-hydrogen) atoms. The van der Waals surface area contributed by atoms with Gasteiger partial charge in [0.05, 0.1) is 18.3 Å². The lowest BCUT2D eigenvalue weighted by Gasteiger charge is -2.34. The summed E-state index contributed by atoms with van der Waals surface area (Å²) < 4.78 is 24.4. The first-order valence-corrected chi connectivity index (χ1v) is 11.0. The smallest absolute Gasteiger partial charge is 0.257 e. The summed E-state index contributed by atoms with van der Waals surface area (Å²) in [7, 11) is 0. The molecule has 2 amide bonds. The number of fused-ring (bicyclic) bond motifs is 1. The van der Waals surface area contributed by atoms with Crippen LogP contribution in [0.2, 0.25) is 0 Å². The number of hydrazone groups is 1. The molecular formula is C24H25FN4O4. The van der Waals surface area contributed by atoms with E-state index in [4.69, 9.17) is 9.47 Å². The van der Waals surface area contributed by atoms with Crippen molar-refractivity contribution in [3.8, 4) is 11.5 Å². The Morgan fingerprint density at radius 1 is 1.03 bits per heavy atom. The Hall–Kier alpha value is -3.46. The van der Waals surface area contributed by atoms with E-state index in [0.29, 0.717) is 44.1 Å². The lowest BCUT2D eigenvalue weighted by Crippen LogP contribution is -2.50. The van der Waals surface area contributed by atoms with Crippen molar-refractivity contribution in [3.05, 3.63) is 59.4 Å². The van der Waals surface area contributed by atoms with Gasteiger partial charge in [0.1, 0.15) is 5.82 Å². The van der Waals surface area contributed by atoms with Crippen LogP contribution in [0.3, 0.4) is 0 Å².